The summed E-state index contributed by atoms with van der Waals surface area (Å²) in [5, 5.41) is 3.50. The number of rotatable bonds is 5. The molecule has 150 valence electrons. The average Bonchev–Trinajstić information content (AvgIpc) is 3.37. The van der Waals surface area contributed by atoms with Crippen LogP contribution in [0, 0.1) is 0 Å². The Labute approximate surface area is 174 Å². The van der Waals surface area contributed by atoms with Gasteiger partial charge in [-0.15, -0.1) is 0 Å². The van der Waals surface area contributed by atoms with Crippen LogP contribution in [-0.4, -0.2) is 22.9 Å². The first-order valence-electron chi connectivity index (χ1n) is 10.3. The minimum Gasteiger partial charge on any atom is -0.347 e. The SMILES string of the molecule is CC1C=C(C2=C(c3cn(CCCN)c4ccccc34)C(=O)NC2=O)c2ccccc21. The van der Waals surface area contributed by atoms with E-state index in [1.54, 1.807) is 0 Å². The highest BCUT2D eigenvalue weighted by molar-refractivity contribution is 6.41. The topological polar surface area (TPSA) is 77.1 Å². The fourth-order valence-electron chi connectivity index (χ4n) is 4.65. The number of aromatic nitrogens is 1. The number of carbonyl (C=O) groups is 2. The maximum Gasteiger partial charge on any atom is 0.259 e. The van der Waals surface area contributed by atoms with E-state index in [4.69, 9.17) is 5.73 Å². The molecule has 0 saturated carbocycles. The van der Waals surface area contributed by atoms with Gasteiger partial charge in [0, 0.05) is 35.1 Å². The summed E-state index contributed by atoms with van der Waals surface area (Å²) in [6.45, 7) is 3.47. The van der Waals surface area contributed by atoms with Crippen LogP contribution in [0.3, 0.4) is 0 Å². The van der Waals surface area contributed by atoms with Gasteiger partial charge in [0.05, 0.1) is 11.1 Å². The molecule has 2 aromatic carbocycles. The third-order valence-corrected chi connectivity index (χ3v) is 6.02. The number of aryl methyl sites for hydroxylation is 1. The van der Waals surface area contributed by atoms with Gasteiger partial charge in [0.25, 0.3) is 11.8 Å². The molecule has 2 heterocycles. The molecular formula is C25H23N3O2. The maximum absolute atomic E-state index is 13.0. The summed E-state index contributed by atoms with van der Waals surface area (Å²) in [6, 6.07) is 16.1. The first-order chi connectivity index (χ1) is 14.6. The zero-order valence-corrected chi connectivity index (χ0v) is 16.8. The first-order valence-corrected chi connectivity index (χ1v) is 10.3. The lowest BCUT2D eigenvalue weighted by Crippen LogP contribution is -2.23. The van der Waals surface area contributed by atoms with Crippen molar-refractivity contribution in [3.8, 4) is 0 Å². The summed E-state index contributed by atoms with van der Waals surface area (Å²) >= 11 is 0. The molecule has 1 atom stereocenters. The molecular weight excluding hydrogens is 374 g/mol. The molecule has 0 spiro atoms. The van der Waals surface area contributed by atoms with Gasteiger partial charge < -0.3 is 10.3 Å². The van der Waals surface area contributed by atoms with Crippen LogP contribution in [0.5, 0.6) is 0 Å². The van der Waals surface area contributed by atoms with Crippen LogP contribution in [0.1, 0.15) is 36.0 Å². The molecule has 2 amide bonds. The van der Waals surface area contributed by atoms with Gasteiger partial charge in [-0.25, -0.2) is 0 Å². The van der Waals surface area contributed by atoms with Gasteiger partial charge in [-0.2, -0.15) is 0 Å². The smallest absolute Gasteiger partial charge is 0.259 e. The van der Waals surface area contributed by atoms with Gasteiger partial charge in [0.15, 0.2) is 0 Å². The van der Waals surface area contributed by atoms with Crippen LogP contribution in [0.15, 0.2) is 66.4 Å². The second-order valence-electron chi connectivity index (χ2n) is 7.89. The minimum atomic E-state index is -0.338. The maximum atomic E-state index is 13.0. The second kappa shape index (κ2) is 7.11. The molecule has 2 aliphatic rings. The zero-order chi connectivity index (χ0) is 20.8. The summed E-state index contributed by atoms with van der Waals surface area (Å²) in [4.78, 5) is 25.9. The van der Waals surface area contributed by atoms with Crippen LogP contribution in [0.25, 0.3) is 22.0 Å². The number of allylic oxidation sites excluding steroid dienone is 1. The zero-order valence-electron chi connectivity index (χ0n) is 16.8. The van der Waals surface area contributed by atoms with E-state index in [0.717, 1.165) is 40.6 Å². The number of imide groups is 1. The van der Waals surface area contributed by atoms with Crippen LogP contribution in [0.2, 0.25) is 0 Å². The third kappa shape index (κ3) is 2.74. The molecule has 5 nitrogen and oxygen atoms in total. The van der Waals surface area contributed by atoms with E-state index < -0.39 is 0 Å². The molecule has 30 heavy (non-hydrogen) atoms. The predicted octanol–water partition coefficient (Wildman–Crippen LogP) is 3.60. The highest BCUT2D eigenvalue weighted by Gasteiger charge is 2.37. The Morgan fingerprint density at radius 3 is 2.53 bits per heavy atom. The molecule has 0 fully saturated rings. The lowest BCUT2D eigenvalue weighted by molar-refractivity contribution is -0.123. The largest absolute Gasteiger partial charge is 0.347 e. The predicted molar refractivity (Wildman–Crippen MR) is 119 cm³/mol. The number of nitrogens with one attached hydrogen (secondary N) is 1. The van der Waals surface area contributed by atoms with Crippen molar-refractivity contribution in [1.29, 1.82) is 0 Å². The second-order valence-corrected chi connectivity index (χ2v) is 7.89. The lowest BCUT2D eigenvalue weighted by atomic mass is 9.92. The van der Waals surface area contributed by atoms with Crippen LogP contribution >= 0.6 is 0 Å². The number of nitrogens with two attached hydrogens (primary N) is 1. The van der Waals surface area contributed by atoms with Crippen molar-refractivity contribution in [2.24, 2.45) is 5.73 Å². The fourth-order valence-corrected chi connectivity index (χ4v) is 4.65. The van der Waals surface area contributed by atoms with Crippen molar-refractivity contribution >= 4 is 33.9 Å². The molecule has 0 bridgehead atoms. The molecule has 3 aromatic rings. The molecule has 3 N–H and O–H groups in total. The summed E-state index contributed by atoms with van der Waals surface area (Å²) < 4.78 is 2.12. The van der Waals surface area contributed by atoms with Crippen molar-refractivity contribution in [2.75, 3.05) is 6.54 Å². The van der Waals surface area contributed by atoms with Crippen LogP contribution < -0.4 is 11.1 Å². The standard InChI is InChI=1S/C25H23N3O2/c1-15-13-19(17-8-3-2-7-16(15)17)22-23(25(30)27-24(22)29)20-14-28(12-6-11-26)21-10-5-4-9-18(20)21/h2-5,7-10,13-15H,6,11-12,26H2,1H3,(H,27,29,30). The van der Waals surface area contributed by atoms with Crippen molar-refractivity contribution in [3.63, 3.8) is 0 Å². The van der Waals surface area contributed by atoms with Gasteiger partial charge >= 0.3 is 0 Å². The van der Waals surface area contributed by atoms with Crippen LogP contribution in [0.4, 0.5) is 0 Å². The van der Waals surface area contributed by atoms with Gasteiger partial charge in [-0.05, 0) is 35.7 Å². The number of para-hydroxylation sites is 1. The first kappa shape index (κ1) is 18.6. The number of amides is 2. The Morgan fingerprint density at radius 1 is 0.967 bits per heavy atom. The van der Waals surface area contributed by atoms with E-state index in [1.165, 1.54) is 5.56 Å². The van der Waals surface area contributed by atoms with Crippen molar-refractivity contribution in [3.05, 3.63) is 83.1 Å². The highest BCUT2D eigenvalue weighted by atomic mass is 16.2. The van der Waals surface area contributed by atoms with Gasteiger partial charge in [-0.3, -0.25) is 14.9 Å². The summed E-state index contributed by atoms with van der Waals surface area (Å²) in [5.74, 6) is -0.474. The van der Waals surface area contributed by atoms with Crippen molar-refractivity contribution in [2.45, 2.75) is 25.8 Å². The Morgan fingerprint density at radius 2 is 1.70 bits per heavy atom. The van der Waals surface area contributed by atoms with E-state index >= 15 is 0 Å². The molecule has 1 aromatic heterocycles. The van der Waals surface area contributed by atoms with E-state index in [-0.39, 0.29) is 17.7 Å². The molecule has 0 saturated heterocycles. The summed E-state index contributed by atoms with van der Waals surface area (Å²) in [7, 11) is 0. The van der Waals surface area contributed by atoms with Crippen LogP contribution in [-0.2, 0) is 16.1 Å². The Balaban J connectivity index is 1.75. The number of carbonyl (C=O) groups excluding carboxylic acids is 2. The number of nitrogens with zero attached hydrogens (tertiary/aromatic N) is 1. The highest BCUT2D eigenvalue weighted by Crippen LogP contribution is 2.44. The van der Waals surface area contributed by atoms with Gasteiger partial charge in [0.1, 0.15) is 0 Å². The summed E-state index contributed by atoms with van der Waals surface area (Å²) in [6.07, 6.45) is 4.91. The molecule has 0 radical (unpaired) electrons. The van der Waals surface area contributed by atoms with Crippen molar-refractivity contribution < 1.29 is 9.59 Å². The van der Waals surface area contributed by atoms with E-state index in [9.17, 15) is 9.59 Å². The Hall–Kier alpha value is -3.44. The number of fused-ring (bicyclic) bond motifs is 2. The number of hydrogen-bond donors (Lipinski definition) is 2. The van der Waals surface area contributed by atoms with E-state index in [0.29, 0.717) is 17.7 Å². The van der Waals surface area contributed by atoms with Gasteiger partial charge in [-0.1, -0.05) is 55.5 Å². The Bertz CT molecular complexity index is 1260. The van der Waals surface area contributed by atoms with Crippen molar-refractivity contribution in [1.82, 2.24) is 9.88 Å². The summed E-state index contributed by atoms with van der Waals surface area (Å²) in [5.41, 5.74) is 11.5. The monoisotopic (exact) mass is 397 g/mol. The average molecular weight is 397 g/mol. The molecule has 5 rings (SSSR count). The Kier molecular flexibility index (Phi) is 4.40. The molecule has 1 aliphatic heterocycles. The molecule has 1 aliphatic carbocycles. The number of benzene rings is 2. The normalized spacial score (nSPS) is 18.2. The van der Waals surface area contributed by atoms with E-state index in [2.05, 4.69) is 29.0 Å². The van der Waals surface area contributed by atoms with Gasteiger partial charge in [0.2, 0.25) is 0 Å². The van der Waals surface area contributed by atoms with E-state index in [1.807, 2.05) is 48.7 Å². The quantitative estimate of drug-likeness (QED) is 0.646. The molecule has 1 unspecified atom stereocenters. The number of hydrogen-bond acceptors (Lipinski definition) is 3. The fraction of sp³-hybridized carbons (Fsp3) is 0.200. The lowest BCUT2D eigenvalue weighted by Gasteiger charge is -2.08. The third-order valence-electron chi connectivity index (χ3n) is 6.02. The minimum absolute atomic E-state index is 0.194. The molecule has 5 heteroatoms.